The van der Waals surface area contributed by atoms with Crippen LogP contribution < -0.4 is 10.6 Å². The Morgan fingerprint density at radius 2 is 1.38 bits per heavy atom. The van der Waals surface area contributed by atoms with Gasteiger partial charge in [-0.05, 0) is 52.2 Å². The van der Waals surface area contributed by atoms with Gasteiger partial charge in [0.2, 0.25) is 0 Å². The van der Waals surface area contributed by atoms with E-state index in [9.17, 15) is 9.50 Å². The normalized spacial score (nSPS) is 10.8. The number of nitrogens with zero attached hydrogens (tertiary/aromatic N) is 1. The molecule has 4 rings (SSSR count). The zero-order chi connectivity index (χ0) is 24.3. The molecule has 2 nitrogen and oxygen atoms in total. The summed E-state index contributed by atoms with van der Waals surface area (Å²) in [4.78, 5) is 0. The maximum atomic E-state index is 13.8. The second kappa shape index (κ2) is 13.8. The van der Waals surface area contributed by atoms with Crippen LogP contribution >= 0.6 is 17.9 Å². The number of benzene rings is 4. The SMILES string of the molecule is C[N-]Cc1cc(F)ccc1Pc1cc(Cc2ccccc2)cc(Cc2ccccc2)c1O.[Cl][Ti+]. The quantitative estimate of drug-likeness (QED) is 0.206. The second-order valence-electron chi connectivity index (χ2n) is 7.88. The van der Waals surface area contributed by atoms with Crippen molar-refractivity contribution in [2.24, 2.45) is 0 Å². The molecule has 4 aromatic rings. The van der Waals surface area contributed by atoms with Gasteiger partial charge in [0.05, 0.1) is 0 Å². The summed E-state index contributed by atoms with van der Waals surface area (Å²) < 4.78 is 13.8. The molecule has 0 bridgehead atoms. The van der Waals surface area contributed by atoms with Crippen molar-refractivity contribution in [1.82, 2.24) is 0 Å². The van der Waals surface area contributed by atoms with E-state index >= 15 is 0 Å². The average molecular weight is 526 g/mol. The van der Waals surface area contributed by atoms with E-state index in [1.54, 1.807) is 13.1 Å². The van der Waals surface area contributed by atoms with Crippen LogP contribution in [0.15, 0.2) is 91.0 Å². The van der Waals surface area contributed by atoms with E-state index in [0.717, 1.165) is 39.3 Å². The molecule has 34 heavy (non-hydrogen) atoms. The predicted octanol–water partition coefficient (Wildman–Crippen LogP) is 6.53. The third kappa shape index (κ3) is 7.50. The molecule has 0 aromatic heterocycles. The van der Waals surface area contributed by atoms with E-state index in [4.69, 9.17) is 0 Å². The first-order valence-corrected chi connectivity index (χ1v) is 14.0. The van der Waals surface area contributed by atoms with Crippen LogP contribution in [0.3, 0.4) is 0 Å². The second-order valence-corrected chi connectivity index (χ2v) is 9.20. The van der Waals surface area contributed by atoms with Crippen molar-refractivity contribution in [1.29, 1.82) is 0 Å². The van der Waals surface area contributed by atoms with Gasteiger partial charge in [0, 0.05) is 11.7 Å². The molecule has 1 atom stereocenters. The van der Waals surface area contributed by atoms with E-state index in [2.05, 4.69) is 51.0 Å². The number of phenols is 1. The Morgan fingerprint density at radius 3 is 2.00 bits per heavy atom. The molecule has 0 aliphatic rings. The number of halogens is 2. The van der Waals surface area contributed by atoms with Crippen molar-refractivity contribution in [3.05, 3.63) is 130 Å². The summed E-state index contributed by atoms with van der Waals surface area (Å²) in [6.45, 7) is 0.460. The van der Waals surface area contributed by atoms with Gasteiger partial charge in [-0.1, -0.05) is 86.9 Å². The standard InChI is InChI=1S/C28H26FNOP.ClH.Ti/c1-30-19-24-18-25(29)12-13-26(24)32-27-17-22(14-20-8-4-2-5-9-20)16-23(28(27)31)15-21-10-6-3-7-11-21;;/h2-13,16-18,31-32H,14-15,19H2,1H3;1H;/q-1;;+2/p-1. The third-order valence-electron chi connectivity index (χ3n) is 5.40. The summed E-state index contributed by atoms with van der Waals surface area (Å²) in [5.41, 5.74) is 5.32. The fourth-order valence-corrected chi connectivity index (χ4v) is 5.18. The van der Waals surface area contributed by atoms with Crippen LogP contribution in [0, 0.1) is 5.82 Å². The van der Waals surface area contributed by atoms with E-state index in [-0.39, 0.29) is 14.4 Å². The van der Waals surface area contributed by atoms with Gasteiger partial charge in [0.1, 0.15) is 11.6 Å². The summed E-state index contributed by atoms with van der Waals surface area (Å²) in [5.74, 6) is 0.0664. The van der Waals surface area contributed by atoms with Crippen molar-refractivity contribution in [2.45, 2.75) is 19.4 Å². The monoisotopic (exact) mass is 525 g/mol. The first kappa shape index (κ1) is 26.6. The van der Waals surface area contributed by atoms with Crippen LogP contribution in [-0.4, -0.2) is 12.2 Å². The summed E-state index contributed by atoms with van der Waals surface area (Å²) in [6, 6.07) is 29.6. The van der Waals surface area contributed by atoms with Gasteiger partial charge in [-0.15, -0.1) is 6.54 Å². The maximum absolute atomic E-state index is 13.8. The van der Waals surface area contributed by atoms with Crippen LogP contribution in [0.4, 0.5) is 4.39 Å². The van der Waals surface area contributed by atoms with Crippen LogP contribution in [0.1, 0.15) is 27.8 Å². The molecule has 0 amide bonds. The molecule has 4 aromatic carbocycles. The minimum atomic E-state index is -0.260. The number of rotatable bonds is 8. The average Bonchev–Trinajstić information content (AvgIpc) is 2.86. The van der Waals surface area contributed by atoms with Gasteiger partial charge < -0.3 is 10.4 Å². The summed E-state index contributed by atoms with van der Waals surface area (Å²) in [5, 5.41) is 17.3. The first-order valence-electron chi connectivity index (χ1n) is 10.8. The molecule has 1 unspecified atom stereocenters. The summed E-state index contributed by atoms with van der Waals surface area (Å²) in [6.07, 6.45) is 1.45. The Hall–Kier alpha value is -2.00. The Morgan fingerprint density at radius 1 is 0.765 bits per heavy atom. The molecule has 6 heteroatoms. The fourth-order valence-electron chi connectivity index (χ4n) is 3.87. The molecular formula is C28H26ClFNOPTi. The topological polar surface area (TPSA) is 34.3 Å². The number of phenolic OH excluding ortho intramolecular Hbond substituents is 1. The zero-order valence-corrected chi connectivity index (χ0v) is 22.2. The number of aromatic hydroxyl groups is 1. The molecule has 1 N–H and O–H groups in total. The number of hydrogen-bond donors (Lipinski definition) is 1. The summed E-state index contributed by atoms with van der Waals surface area (Å²) in [7, 11) is 6.59. The molecule has 0 aliphatic carbocycles. The van der Waals surface area contributed by atoms with E-state index < -0.39 is 0 Å². The summed E-state index contributed by atoms with van der Waals surface area (Å²) >= 11 is 1.47. The van der Waals surface area contributed by atoms with Gasteiger partial charge in [-0.2, -0.15) is 7.05 Å². The van der Waals surface area contributed by atoms with Crippen LogP contribution in [0.5, 0.6) is 5.75 Å². The molecule has 0 fully saturated rings. The van der Waals surface area contributed by atoms with Crippen molar-refractivity contribution >= 4 is 28.5 Å². The van der Waals surface area contributed by atoms with Crippen LogP contribution in [0.2, 0.25) is 0 Å². The van der Waals surface area contributed by atoms with Gasteiger partial charge in [0.15, 0.2) is 0 Å². The fraction of sp³-hybridized carbons (Fsp3) is 0.143. The molecule has 0 saturated carbocycles. The first-order chi connectivity index (χ1) is 16.6. The van der Waals surface area contributed by atoms with E-state index in [0.29, 0.717) is 18.7 Å². The van der Waals surface area contributed by atoms with Crippen LogP contribution in [0.25, 0.3) is 5.32 Å². The molecule has 0 spiro atoms. The van der Waals surface area contributed by atoms with Gasteiger partial charge in [-0.25, -0.2) is 4.39 Å². The van der Waals surface area contributed by atoms with E-state index in [1.165, 1.54) is 31.0 Å². The third-order valence-corrected chi connectivity index (χ3v) is 6.81. The van der Waals surface area contributed by atoms with E-state index in [1.807, 2.05) is 42.5 Å². The Balaban J connectivity index is 0.00000158. The molecule has 0 aliphatic heterocycles. The van der Waals surface area contributed by atoms with Crippen molar-refractivity contribution in [2.75, 3.05) is 7.05 Å². The predicted molar refractivity (Wildman–Crippen MR) is 139 cm³/mol. The molecular weight excluding hydrogens is 500 g/mol. The zero-order valence-electron chi connectivity index (χ0n) is 18.9. The molecule has 0 radical (unpaired) electrons. The number of hydrogen-bond acceptors (Lipinski definition) is 1. The van der Waals surface area contributed by atoms with Gasteiger partial charge >= 0.3 is 28.7 Å². The van der Waals surface area contributed by atoms with Crippen molar-refractivity contribution in [3.63, 3.8) is 0 Å². The Bertz CT molecular complexity index is 1190. The minimum absolute atomic E-state index is 0.218. The van der Waals surface area contributed by atoms with Crippen molar-refractivity contribution in [3.8, 4) is 5.75 Å². The Labute approximate surface area is 218 Å². The van der Waals surface area contributed by atoms with Crippen LogP contribution in [-0.2, 0) is 38.8 Å². The van der Waals surface area contributed by atoms with Gasteiger partial charge in [-0.3, -0.25) is 0 Å². The molecule has 0 saturated heterocycles. The van der Waals surface area contributed by atoms with Crippen molar-refractivity contribution < 1.29 is 28.9 Å². The molecule has 172 valence electrons. The molecule has 0 heterocycles. The Kier molecular flexibility index (Phi) is 10.8. The van der Waals surface area contributed by atoms with Gasteiger partial charge in [0.25, 0.3) is 0 Å².